The monoisotopic (exact) mass is 389 g/mol. The Morgan fingerprint density at radius 1 is 1.32 bits per heavy atom. The molecule has 1 saturated carbocycles. The number of piperidine rings is 1. The molecule has 7 heteroatoms. The molecule has 0 aromatic carbocycles. The summed E-state index contributed by atoms with van der Waals surface area (Å²) in [5.74, 6) is 0.493. The van der Waals surface area contributed by atoms with E-state index in [0.717, 1.165) is 44.1 Å². The van der Waals surface area contributed by atoms with E-state index in [2.05, 4.69) is 10.3 Å². The van der Waals surface area contributed by atoms with Gasteiger partial charge in [0, 0.05) is 38.0 Å². The van der Waals surface area contributed by atoms with E-state index >= 15 is 0 Å². The first-order valence-corrected chi connectivity index (χ1v) is 10.3. The van der Waals surface area contributed by atoms with E-state index in [9.17, 15) is 14.4 Å². The molecule has 28 heavy (non-hydrogen) atoms. The van der Waals surface area contributed by atoms with Gasteiger partial charge < -0.3 is 19.9 Å². The van der Waals surface area contributed by atoms with Crippen LogP contribution in [0.3, 0.4) is 0 Å². The highest BCUT2D eigenvalue weighted by Crippen LogP contribution is 2.46. The van der Waals surface area contributed by atoms with Gasteiger partial charge in [0.2, 0.25) is 17.4 Å². The molecule has 1 aromatic rings. The van der Waals surface area contributed by atoms with E-state index in [1.54, 1.807) is 19.4 Å². The van der Waals surface area contributed by atoms with Crippen LogP contribution in [-0.2, 0) is 20.7 Å². The molecule has 2 amide bonds. The van der Waals surface area contributed by atoms with Crippen LogP contribution in [0.2, 0.25) is 0 Å². The number of hydrogen-bond acceptors (Lipinski definition) is 4. The smallest absolute Gasteiger partial charge is 0.249 e. The molecule has 154 valence electrons. The van der Waals surface area contributed by atoms with Crippen LogP contribution in [0.15, 0.2) is 23.1 Å². The standard InChI is InChI=1S/C21H31N3O4/c1-3-4-17(28-2)20(27)23-21(9-10-21)16-7-11-24(12-8-16)19(26)13-15-5-6-18(25)22-14-15/h5-6,14,16-17H,3-4,7-13H2,1-2H3,(H,22,25)(H,23,27). The molecule has 2 aliphatic rings. The zero-order chi connectivity index (χ0) is 20.1. The number of carbonyl (C=O) groups excluding carboxylic acids is 2. The van der Waals surface area contributed by atoms with Gasteiger partial charge in [0.05, 0.1) is 6.42 Å². The SMILES string of the molecule is CCCC(OC)C(=O)NC1(C2CCN(C(=O)Cc3ccc(=O)[nH]c3)CC2)CC1. The normalized spacial score (nSPS) is 19.9. The average molecular weight is 389 g/mol. The summed E-state index contributed by atoms with van der Waals surface area (Å²) < 4.78 is 5.34. The maximum absolute atomic E-state index is 12.5. The van der Waals surface area contributed by atoms with Crippen LogP contribution in [0.4, 0.5) is 0 Å². The maximum Gasteiger partial charge on any atom is 0.249 e. The van der Waals surface area contributed by atoms with Crippen molar-refractivity contribution in [1.82, 2.24) is 15.2 Å². The predicted molar refractivity (Wildman–Crippen MR) is 106 cm³/mol. The number of pyridine rings is 1. The first kappa shape index (κ1) is 20.6. The lowest BCUT2D eigenvalue weighted by Gasteiger charge is -2.37. The second kappa shape index (κ2) is 8.90. The molecule has 1 aliphatic carbocycles. The van der Waals surface area contributed by atoms with Gasteiger partial charge in [-0.25, -0.2) is 0 Å². The molecule has 1 saturated heterocycles. The van der Waals surface area contributed by atoms with Gasteiger partial charge in [-0.05, 0) is 43.6 Å². The average Bonchev–Trinajstić information content (AvgIpc) is 3.48. The van der Waals surface area contributed by atoms with Crippen molar-refractivity contribution in [2.24, 2.45) is 5.92 Å². The summed E-state index contributed by atoms with van der Waals surface area (Å²) in [4.78, 5) is 40.7. The zero-order valence-corrected chi connectivity index (χ0v) is 16.8. The molecule has 2 N–H and O–H groups in total. The zero-order valence-electron chi connectivity index (χ0n) is 16.8. The predicted octanol–water partition coefficient (Wildman–Crippen LogP) is 1.62. The molecule has 1 aromatic heterocycles. The number of aromatic amines is 1. The molecule has 2 fully saturated rings. The summed E-state index contributed by atoms with van der Waals surface area (Å²) >= 11 is 0. The lowest BCUT2D eigenvalue weighted by Crippen LogP contribution is -2.51. The van der Waals surface area contributed by atoms with E-state index in [1.807, 2.05) is 11.8 Å². The van der Waals surface area contributed by atoms with Crippen LogP contribution >= 0.6 is 0 Å². The van der Waals surface area contributed by atoms with Crippen molar-refractivity contribution >= 4 is 11.8 Å². The number of nitrogens with one attached hydrogen (secondary N) is 2. The Morgan fingerprint density at radius 3 is 2.57 bits per heavy atom. The fraction of sp³-hybridized carbons (Fsp3) is 0.667. The minimum atomic E-state index is -0.374. The Balaban J connectivity index is 1.50. The Kier molecular flexibility index (Phi) is 6.54. The molecule has 3 rings (SSSR count). The van der Waals surface area contributed by atoms with Crippen LogP contribution < -0.4 is 10.9 Å². The van der Waals surface area contributed by atoms with Crippen molar-refractivity contribution in [3.05, 3.63) is 34.2 Å². The second-order valence-corrected chi connectivity index (χ2v) is 8.05. The number of H-pyrrole nitrogens is 1. The molecule has 1 atom stereocenters. The highest BCUT2D eigenvalue weighted by Gasteiger charge is 2.51. The lowest BCUT2D eigenvalue weighted by molar-refractivity contribution is -0.135. The third-order valence-corrected chi connectivity index (χ3v) is 6.12. The third kappa shape index (κ3) is 4.82. The molecule has 7 nitrogen and oxygen atoms in total. The summed E-state index contributed by atoms with van der Waals surface area (Å²) in [5, 5.41) is 3.26. The van der Waals surface area contributed by atoms with E-state index in [-0.39, 0.29) is 29.0 Å². The van der Waals surface area contributed by atoms with Crippen molar-refractivity contribution < 1.29 is 14.3 Å². The molecule has 0 radical (unpaired) electrons. The van der Waals surface area contributed by atoms with Gasteiger partial charge in [0.25, 0.3) is 0 Å². The highest BCUT2D eigenvalue weighted by molar-refractivity contribution is 5.82. The number of methoxy groups -OCH3 is 1. The fourth-order valence-electron chi connectivity index (χ4n) is 4.23. The number of nitrogens with zero attached hydrogens (tertiary/aromatic N) is 1. The van der Waals surface area contributed by atoms with Gasteiger partial charge in [-0.3, -0.25) is 14.4 Å². The van der Waals surface area contributed by atoms with Crippen molar-refractivity contribution in [3.8, 4) is 0 Å². The Hall–Kier alpha value is -2.15. The summed E-state index contributed by atoms with van der Waals surface area (Å²) in [6.45, 7) is 3.48. The number of aromatic nitrogens is 1. The Labute approximate surface area is 165 Å². The van der Waals surface area contributed by atoms with Crippen molar-refractivity contribution in [1.29, 1.82) is 0 Å². The summed E-state index contributed by atoms with van der Waals surface area (Å²) in [6, 6.07) is 3.14. The van der Waals surface area contributed by atoms with Crippen LogP contribution in [-0.4, -0.2) is 53.5 Å². The second-order valence-electron chi connectivity index (χ2n) is 8.05. The summed E-state index contributed by atoms with van der Waals surface area (Å²) in [6.07, 6.45) is 7.01. The van der Waals surface area contributed by atoms with Gasteiger partial charge in [-0.2, -0.15) is 0 Å². The molecule has 0 bridgehead atoms. The minimum absolute atomic E-state index is 0.00146. The van der Waals surface area contributed by atoms with E-state index in [4.69, 9.17) is 4.74 Å². The number of hydrogen-bond donors (Lipinski definition) is 2. The highest BCUT2D eigenvalue weighted by atomic mass is 16.5. The minimum Gasteiger partial charge on any atom is -0.372 e. The first-order valence-electron chi connectivity index (χ1n) is 10.3. The molecular formula is C21H31N3O4. The Bertz CT molecular complexity index is 728. The van der Waals surface area contributed by atoms with Gasteiger partial charge in [-0.1, -0.05) is 19.4 Å². The third-order valence-electron chi connectivity index (χ3n) is 6.12. The molecule has 1 aliphatic heterocycles. The molecule has 1 unspecified atom stereocenters. The summed E-state index contributed by atoms with van der Waals surface area (Å²) in [5.41, 5.74) is 0.554. The quantitative estimate of drug-likeness (QED) is 0.707. The van der Waals surface area contributed by atoms with Crippen molar-refractivity contribution in [2.75, 3.05) is 20.2 Å². The van der Waals surface area contributed by atoms with E-state index < -0.39 is 0 Å². The number of likely N-dealkylation sites (tertiary alicyclic amines) is 1. The van der Waals surface area contributed by atoms with Gasteiger partial charge >= 0.3 is 0 Å². The van der Waals surface area contributed by atoms with Crippen LogP contribution in [0.1, 0.15) is 51.0 Å². The number of ether oxygens (including phenoxy) is 1. The number of rotatable bonds is 8. The van der Waals surface area contributed by atoms with Gasteiger partial charge in [-0.15, -0.1) is 0 Å². The topological polar surface area (TPSA) is 91.5 Å². The molecule has 0 spiro atoms. The van der Waals surface area contributed by atoms with Gasteiger partial charge in [0.1, 0.15) is 6.10 Å². The number of amides is 2. The van der Waals surface area contributed by atoms with Crippen molar-refractivity contribution in [2.45, 2.75) is 63.5 Å². The largest absolute Gasteiger partial charge is 0.372 e. The van der Waals surface area contributed by atoms with Crippen molar-refractivity contribution in [3.63, 3.8) is 0 Å². The maximum atomic E-state index is 12.5. The molecular weight excluding hydrogens is 358 g/mol. The van der Waals surface area contributed by atoms with Gasteiger partial charge in [0.15, 0.2) is 0 Å². The van der Waals surface area contributed by atoms with Crippen LogP contribution in [0.25, 0.3) is 0 Å². The molecule has 2 heterocycles. The Morgan fingerprint density at radius 2 is 2.04 bits per heavy atom. The van der Waals surface area contributed by atoms with E-state index in [0.29, 0.717) is 25.4 Å². The number of carbonyl (C=O) groups is 2. The lowest BCUT2D eigenvalue weighted by atomic mass is 9.86. The first-order chi connectivity index (χ1) is 13.5. The summed E-state index contributed by atoms with van der Waals surface area (Å²) in [7, 11) is 1.59. The van der Waals surface area contributed by atoms with Crippen LogP contribution in [0.5, 0.6) is 0 Å². The fourth-order valence-corrected chi connectivity index (χ4v) is 4.23. The van der Waals surface area contributed by atoms with E-state index in [1.165, 1.54) is 6.07 Å². The van der Waals surface area contributed by atoms with Crippen LogP contribution in [0, 0.1) is 5.92 Å².